The molecule has 0 spiro atoms. The highest BCUT2D eigenvalue weighted by Gasteiger charge is 1.88. The topological polar surface area (TPSA) is 40.5 Å². The monoisotopic (exact) mass is 194 g/mol. The molecule has 2 nitrogen and oxygen atoms in total. The number of aliphatic hydroxyl groups is 2. The Morgan fingerprint density at radius 3 is 1.50 bits per heavy atom. The van der Waals surface area contributed by atoms with Crippen LogP contribution in [-0.4, -0.2) is 10.2 Å². The number of hydrogen-bond donors (Lipinski definition) is 2. The lowest BCUT2D eigenvalue weighted by atomic mass is 10.1. The van der Waals surface area contributed by atoms with Crippen LogP contribution in [0.1, 0.15) is 25.7 Å². The zero-order valence-electron chi connectivity index (χ0n) is 8.45. The van der Waals surface area contributed by atoms with E-state index in [0.29, 0.717) is 0 Å². The van der Waals surface area contributed by atoms with E-state index in [1.807, 2.05) is 0 Å². The van der Waals surface area contributed by atoms with Crippen molar-refractivity contribution >= 4 is 0 Å². The molecular weight excluding hydrogens is 176 g/mol. The third kappa shape index (κ3) is 7.22. The van der Waals surface area contributed by atoms with Gasteiger partial charge in [0, 0.05) is 0 Å². The quantitative estimate of drug-likeness (QED) is 0.367. The van der Waals surface area contributed by atoms with Gasteiger partial charge >= 0.3 is 0 Å². The first kappa shape index (κ1) is 12.6. The molecule has 0 bridgehead atoms. The second kappa shape index (κ2) is 8.17. The van der Waals surface area contributed by atoms with Gasteiger partial charge in [-0.05, 0) is 50.0 Å². The minimum absolute atomic E-state index is 0.231. The minimum atomic E-state index is 0.231. The van der Waals surface area contributed by atoms with Gasteiger partial charge < -0.3 is 10.2 Å². The van der Waals surface area contributed by atoms with Crippen molar-refractivity contribution in [2.24, 2.45) is 0 Å². The summed E-state index contributed by atoms with van der Waals surface area (Å²) in [6.07, 6.45) is 9.96. The Kier molecular flexibility index (Phi) is 7.33. The maximum absolute atomic E-state index is 9.02. The third-order valence-corrected chi connectivity index (χ3v) is 1.78. The van der Waals surface area contributed by atoms with Gasteiger partial charge in [0.1, 0.15) is 11.5 Å². The first-order valence-corrected chi connectivity index (χ1v) is 4.73. The van der Waals surface area contributed by atoms with E-state index in [1.165, 1.54) is 12.2 Å². The zero-order chi connectivity index (χ0) is 10.8. The summed E-state index contributed by atoms with van der Waals surface area (Å²) in [5, 5.41) is 18.0. The van der Waals surface area contributed by atoms with Gasteiger partial charge in [0.25, 0.3) is 0 Å². The Morgan fingerprint density at radius 2 is 1.21 bits per heavy atom. The van der Waals surface area contributed by atoms with Crippen LogP contribution < -0.4 is 0 Å². The van der Waals surface area contributed by atoms with Crippen LogP contribution in [0.2, 0.25) is 0 Å². The number of allylic oxidation sites excluding steroid dienone is 4. The average molecular weight is 194 g/mol. The molecule has 14 heavy (non-hydrogen) atoms. The molecule has 0 aromatic carbocycles. The number of aliphatic hydroxyl groups excluding tert-OH is 2. The highest BCUT2D eigenvalue weighted by atomic mass is 16.3. The van der Waals surface area contributed by atoms with Crippen LogP contribution in [0.5, 0.6) is 0 Å². The van der Waals surface area contributed by atoms with Gasteiger partial charge in [-0.25, -0.2) is 0 Å². The van der Waals surface area contributed by atoms with Crippen molar-refractivity contribution in [3.63, 3.8) is 0 Å². The van der Waals surface area contributed by atoms with Crippen LogP contribution in [0.15, 0.2) is 49.0 Å². The fraction of sp³-hybridized carbons (Fsp3) is 0.333. The average Bonchev–Trinajstić information content (AvgIpc) is 2.22. The molecule has 0 amide bonds. The molecule has 0 aromatic heterocycles. The molecule has 0 aliphatic rings. The summed E-state index contributed by atoms with van der Waals surface area (Å²) < 4.78 is 0. The van der Waals surface area contributed by atoms with Crippen LogP contribution in [0, 0.1) is 0 Å². The molecule has 0 radical (unpaired) electrons. The molecule has 0 aliphatic heterocycles. The van der Waals surface area contributed by atoms with Crippen molar-refractivity contribution in [3.05, 3.63) is 49.0 Å². The van der Waals surface area contributed by atoms with Crippen LogP contribution in [0.3, 0.4) is 0 Å². The molecule has 0 saturated heterocycles. The molecule has 0 heterocycles. The summed E-state index contributed by atoms with van der Waals surface area (Å²) in [7, 11) is 0. The minimum Gasteiger partial charge on any atom is -0.508 e. The first-order chi connectivity index (χ1) is 6.70. The maximum atomic E-state index is 9.02. The molecular formula is C12H18O2. The Labute approximate surface area is 85.6 Å². The SMILES string of the molecule is C=C/C(O)=C/CCCC/C=C(/O)C=C. The van der Waals surface area contributed by atoms with Gasteiger partial charge in [0.2, 0.25) is 0 Å². The van der Waals surface area contributed by atoms with Crippen molar-refractivity contribution in [1.29, 1.82) is 0 Å². The first-order valence-electron chi connectivity index (χ1n) is 4.73. The Bertz CT molecular complexity index is 211. The van der Waals surface area contributed by atoms with Gasteiger partial charge in [0.05, 0.1) is 0 Å². The standard InChI is InChI=1S/C12H18O2/c1-3-11(13)9-7-5-6-8-10-12(14)4-2/h3-4,9-10,13-14H,1-2,5-8H2/b11-9-,12-10+. The molecule has 2 N–H and O–H groups in total. The van der Waals surface area contributed by atoms with Crippen molar-refractivity contribution in [1.82, 2.24) is 0 Å². The second-order valence-corrected chi connectivity index (χ2v) is 2.95. The van der Waals surface area contributed by atoms with Crippen LogP contribution >= 0.6 is 0 Å². The van der Waals surface area contributed by atoms with E-state index < -0.39 is 0 Å². The van der Waals surface area contributed by atoms with E-state index in [-0.39, 0.29) is 11.5 Å². The van der Waals surface area contributed by atoms with Gasteiger partial charge in [-0.1, -0.05) is 13.2 Å². The lowest BCUT2D eigenvalue weighted by Crippen LogP contribution is -1.78. The van der Waals surface area contributed by atoms with E-state index in [0.717, 1.165) is 25.7 Å². The molecule has 0 rings (SSSR count). The smallest absolute Gasteiger partial charge is 0.111 e. The van der Waals surface area contributed by atoms with E-state index in [1.54, 1.807) is 12.2 Å². The Morgan fingerprint density at radius 1 is 0.857 bits per heavy atom. The highest BCUT2D eigenvalue weighted by molar-refractivity contribution is 5.07. The van der Waals surface area contributed by atoms with Crippen LogP contribution in [0.25, 0.3) is 0 Å². The summed E-state index contributed by atoms with van der Waals surface area (Å²) in [6.45, 7) is 6.88. The Balaban J connectivity index is 3.48. The lowest BCUT2D eigenvalue weighted by Gasteiger charge is -1.95. The predicted molar refractivity (Wildman–Crippen MR) is 60.3 cm³/mol. The fourth-order valence-corrected chi connectivity index (χ4v) is 0.955. The predicted octanol–water partition coefficient (Wildman–Crippen LogP) is 3.80. The molecule has 0 atom stereocenters. The van der Waals surface area contributed by atoms with Crippen LogP contribution in [0.4, 0.5) is 0 Å². The summed E-state index contributed by atoms with van der Waals surface area (Å²) in [6, 6.07) is 0. The van der Waals surface area contributed by atoms with Crippen molar-refractivity contribution in [3.8, 4) is 0 Å². The molecule has 0 aliphatic carbocycles. The highest BCUT2D eigenvalue weighted by Crippen LogP contribution is 2.05. The van der Waals surface area contributed by atoms with Gasteiger partial charge in [-0.15, -0.1) is 0 Å². The maximum Gasteiger partial charge on any atom is 0.111 e. The van der Waals surface area contributed by atoms with Crippen molar-refractivity contribution in [2.45, 2.75) is 25.7 Å². The third-order valence-electron chi connectivity index (χ3n) is 1.78. The van der Waals surface area contributed by atoms with E-state index in [2.05, 4.69) is 13.2 Å². The molecule has 0 fully saturated rings. The van der Waals surface area contributed by atoms with Crippen molar-refractivity contribution in [2.75, 3.05) is 0 Å². The van der Waals surface area contributed by atoms with Crippen molar-refractivity contribution < 1.29 is 10.2 Å². The van der Waals surface area contributed by atoms with Gasteiger partial charge in [-0.3, -0.25) is 0 Å². The molecule has 0 unspecified atom stereocenters. The Hall–Kier alpha value is -1.44. The van der Waals surface area contributed by atoms with E-state index >= 15 is 0 Å². The normalized spacial score (nSPS) is 12.6. The molecule has 2 heteroatoms. The van der Waals surface area contributed by atoms with Gasteiger partial charge in [0.15, 0.2) is 0 Å². The fourth-order valence-electron chi connectivity index (χ4n) is 0.955. The number of hydrogen-bond acceptors (Lipinski definition) is 2. The number of unbranched alkanes of at least 4 members (excludes halogenated alkanes) is 3. The summed E-state index contributed by atoms with van der Waals surface area (Å²) in [5.41, 5.74) is 0. The lowest BCUT2D eigenvalue weighted by molar-refractivity contribution is 0.427. The summed E-state index contributed by atoms with van der Waals surface area (Å²) in [5.74, 6) is 0.462. The van der Waals surface area contributed by atoms with Gasteiger partial charge in [-0.2, -0.15) is 0 Å². The summed E-state index contributed by atoms with van der Waals surface area (Å²) >= 11 is 0. The van der Waals surface area contributed by atoms with E-state index in [9.17, 15) is 0 Å². The van der Waals surface area contributed by atoms with E-state index in [4.69, 9.17) is 10.2 Å². The summed E-state index contributed by atoms with van der Waals surface area (Å²) in [4.78, 5) is 0. The molecule has 0 aromatic rings. The van der Waals surface area contributed by atoms with Crippen LogP contribution in [-0.2, 0) is 0 Å². The zero-order valence-corrected chi connectivity index (χ0v) is 8.45. The molecule has 0 saturated carbocycles. The largest absolute Gasteiger partial charge is 0.508 e. The number of rotatable bonds is 7. The second-order valence-electron chi connectivity index (χ2n) is 2.95. The molecule has 78 valence electrons.